The van der Waals surface area contributed by atoms with Crippen LogP contribution in [0.1, 0.15) is 40.9 Å². The molecule has 0 spiro atoms. The van der Waals surface area contributed by atoms with Crippen molar-refractivity contribution in [2.45, 2.75) is 43.8 Å². The number of rotatable bonds is 8. The first-order valence-electron chi connectivity index (χ1n) is 13.8. The molecule has 214 valence electrons. The van der Waals surface area contributed by atoms with E-state index in [4.69, 9.17) is 11.6 Å². The molecule has 1 N–H and O–H groups in total. The summed E-state index contributed by atoms with van der Waals surface area (Å²) in [7, 11) is -1.76. The van der Waals surface area contributed by atoms with Gasteiger partial charge in [-0.15, -0.1) is 0 Å². The maximum absolute atomic E-state index is 14.1. The minimum absolute atomic E-state index is 0.0287. The van der Waals surface area contributed by atoms with Crippen LogP contribution < -0.4 is 5.32 Å². The molecular formula is C30H38ClN5O3S. The zero-order valence-corrected chi connectivity index (χ0v) is 25.0. The Morgan fingerprint density at radius 2 is 1.70 bits per heavy atom. The van der Waals surface area contributed by atoms with Gasteiger partial charge in [0.2, 0.25) is 15.9 Å². The van der Waals surface area contributed by atoms with E-state index in [0.717, 1.165) is 37.4 Å². The number of halogens is 1. The maximum Gasteiger partial charge on any atom is 0.244 e. The van der Waals surface area contributed by atoms with Gasteiger partial charge >= 0.3 is 0 Å². The van der Waals surface area contributed by atoms with E-state index < -0.39 is 16.1 Å². The number of carbonyl (C=O) groups is 1. The van der Waals surface area contributed by atoms with Crippen molar-refractivity contribution < 1.29 is 13.2 Å². The normalized spacial score (nSPS) is 19.8. The molecule has 2 unspecified atom stereocenters. The van der Waals surface area contributed by atoms with Crippen molar-refractivity contribution in [3.63, 3.8) is 0 Å². The number of aromatic nitrogens is 1. The molecule has 2 aliphatic heterocycles. The van der Waals surface area contributed by atoms with E-state index >= 15 is 0 Å². The molecule has 2 aliphatic rings. The van der Waals surface area contributed by atoms with Gasteiger partial charge in [-0.05, 0) is 61.9 Å². The standard InChI is InChI=1S/C30H38ClN5O3S/c1-22-19-29(23(2)18-25(22)31)40(38,39)36-17-16-35-11-7-10-27(35)28(36)20-30(37)32-26(24-8-5-4-6-9-24)21-34-14-12-33(3)13-15-34/h4-11,18-19,26,28H,12-17,20-21H2,1-3H3,(H,32,37). The summed E-state index contributed by atoms with van der Waals surface area (Å²) in [6.07, 6.45) is 1.98. The second kappa shape index (κ2) is 12.0. The molecule has 2 atom stereocenters. The largest absolute Gasteiger partial charge is 0.349 e. The zero-order chi connectivity index (χ0) is 28.4. The molecule has 3 heterocycles. The fourth-order valence-corrected chi connectivity index (χ4v) is 7.84. The van der Waals surface area contributed by atoms with E-state index in [9.17, 15) is 13.2 Å². The number of nitrogens with zero attached hydrogens (tertiary/aromatic N) is 4. The third-order valence-corrected chi connectivity index (χ3v) is 10.6. The monoisotopic (exact) mass is 583 g/mol. The molecule has 0 radical (unpaired) electrons. The van der Waals surface area contributed by atoms with E-state index in [1.165, 1.54) is 4.31 Å². The summed E-state index contributed by atoms with van der Waals surface area (Å²) in [5.41, 5.74) is 3.16. The molecule has 0 aliphatic carbocycles. The first kappa shape index (κ1) is 28.8. The average molecular weight is 584 g/mol. The van der Waals surface area contributed by atoms with Crippen LogP contribution in [-0.2, 0) is 21.4 Å². The van der Waals surface area contributed by atoms with Crippen LogP contribution in [0.15, 0.2) is 65.7 Å². The van der Waals surface area contributed by atoms with Gasteiger partial charge in [0, 0.05) is 69.1 Å². The van der Waals surface area contributed by atoms with E-state index in [0.29, 0.717) is 29.2 Å². The maximum atomic E-state index is 14.1. The Bertz CT molecular complexity index is 1450. The first-order valence-corrected chi connectivity index (χ1v) is 15.6. The predicted molar refractivity (Wildman–Crippen MR) is 158 cm³/mol. The van der Waals surface area contributed by atoms with Crippen molar-refractivity contribution >= 4 is 27.5 Å². The number of amides is 1. The van der Waals surface area contributed by atoms with Crippen LogP contribution >= 0.6 is 11.6 Å². The third kappa shape index (κ3) is 6.14. The van der Waals surface area contributed by atoms with Gasteiger partial charge in [-0.2, -0.15) is 4.31 Å². The summed E-state index contributed by atoms with van der Waals surface area (Å²) in [4.78, 5) is 18.6. The minimum Gasteiger partial charge on any atom is -0.349 e. The van der Waals surface area contributed by atoms with Crippen molar-refractivity contribution in [3.8, 4) is 0 Å². The Labute approximate surface area is 242 Å². The lowest BCUT2D eigenvalue weighted by atomic mass is 10.0. The van der Waals surface area contributed by atoms with Gasteiger partial charge in [0.1, 0.15) is 0 Å². The van der Waals surface area contributed by atoms with Crippen molar-refractivity contribution in [1.82, 2.24) is 24.0 Å². The molecule has 5 rings (SSSR count). The number of likely N-dealkylation sites (N-methyl/N-ethyl adjacent to an activating group) is 1. The molecule has 40 heavy (non-hydrogen) atoms. The highest BCUT2D eigenvalue weighted by molar-refractivity contribution is 7.89. The van der Waals surface area contributed by atoms with Gasteiger partial charge in [-0.25, -0.2) is 8.42 Å². The van der Waals surface area contributed by atoms with Gasteiger partial charge in [0.05, 0.1) is 17.0 Å². The SMILES string of the molecule is Cc1cc(S(=O)(=O)N2CCn3cccc3C2CC(=O)NC(CN2CCN(C)CC2)c2ccccc2)c(C)cc1Cl. The highest BCUT2D eigenvalue weighted by atomic mass is 35.5. The summed E-state index contributed by atoms with van der Waals surface area (Å²) in [5.74, 6) is -0.174. The average Bonchev–Trinajstić information content (AvgIpc) is 3.41. The predicted octanol–water partition coefficient (Wildman–Crippen LogP) is 4.00. The third-order valence-electron chi connectivity index (χ3n) is 8.11. The summed E-state index contributed by atoms with van der Waals surface area (Å²) < 4.78 is 31.7. The Morgan fingerprint density at radius 1 is 0.975 bits per heavy atom. The molecule has 1 saturated heterocycles. The molecule has 2 aromatic carbocycles. The van der Waals surface area contributed by atoms with Gasteiger partial charge in [-0.1, -0.05) is 41.9 Å². The highest BCUT2D eigenvalue weighted by Crippen LogP contribution is 2.36. The quantitative estimate of drug-likeness (QED) is 0.434. The van der Waals surface area contributed by atoms with E-state index in [2.05, 4.69) is 22.2 Å². The van der Waals surface area contributed by atoms with Crippen LogP contribution in [0.4, 0.5) is 0 Å². The van der Waals surface area contributed by atoms with E-state index in [1.54, 1.807) is 26.0 Å². The number of piperazine rings is 1. The summed E-state index contributed by atoms with van der Waals surface area (Å²) in [5, 5.41) is 3.79. The van der Waals surface area contributed by atoms with Crippen LogP contribution in [0, 0.1) is 13.8 Å². The van der Waals surface area contributed by atoms with Gasteiger partial charge in [-0.3, -0.25) is 9.69 Å². The Kier molecular flexibility index (Phi) is 8.68. The molecule has 1 fully saturated rings. The fraction of sp³-hybridized carbons (Fsp3) is 0.433. The van der Waals surface area contributed by atoms with Crippen molar-refractivity contribution in [1.29, 1.82) is 0 Å². The molecule has 0 saturated carbocycles. The lowest BCUT2D eigenvalue weighted by Gasteiger charge is -2.37. The number of aryl methyl sites for hydroxylation is 2. The fourth-order valence-electron chi connectivity index (χ4n) is 5.73. The number of fused-ring (bicyclic) bond motifs is 1. The number of hydrogen-bond acceptors (Lipinski definition) is 5. The molecule has 0 bridgehead atoms. The topological polar surface area (TPSA) is 77.9 Å². The van der Waals surface area contributed by atoms with Gasteiger partial charge in [0.25, 0.3) is 0 Å². The van der Waals surface area contributed by atoms with E-state index in [1.807, 2.05) is 53.2 Å². The number of nitrogens with one attached hydrogen (secondary N) is 1. The number of benzene rings is 2. The van der Waals surface area contributed by atoms with Crippen LogP contribution in [-0.4, -0.2) is 79.3 Å². The first-order chi connectivity index (χ1) is 19.1. The lowest BCUT2D eigenvalue weighted by Crippen LogP contribution is -2.48. The zero-order valence-electron chi connectivity index (χ0n) is 23.4. The Hall–Kier alpha value is -2.69. The van der Waals surface area contributed by atoms with Crippen LogP contribution in [0.3, 0.4) is 0 Å². The molecule has 3 aromatic rings. The van der Waals surface area contributed by atoms with Crippen LogP contribution in [0.2, 0.25) is 5.02 Å². The number of carbonyl (C=O) groups excluding carboxylic acids is 1. The summed E-state index contributed by atoms with van der Waals surface area (Å²) in [6, 6.07) is 16.4. The number of sulfonamides is 1. The Morgan fingerprint density at radius 3 is 2.42 bits per heavy atom. The van der Waals surface area contributed by atoms with Gasteiger partial charge in [0.15, 0.2) is 0 Å². The highest BCUT2D eigenvalue weighted by Gasteiger charge is 2.39. The Balaban J connectivity index is 1.40. The smallest absolute Gasteiger partial charge is 0.244 e. The molecule has 10 heteroatoms. The number of hydrogen-bond donors (Lipinski definition) is 1. The van der Waals surface area contributed by atoms with Crippen molar-refractivity contribution in [2.24, 2.45) is 0 Å². The molecule has 1 aromatic heterocycles. The lowest BCUT2D eigenvalue weighted by molar-refractivity contribution is -0.123. The van der Waals surface area contributed by atoms with Crippen molar-refractivity contribution in [2.75, 3.05) is 46.3 Å². The summed E-state index contributed by atoms with van der Waals surface area (Å²) >= 11 is 6.28. The minimum atomic E-state index is -3.89. The molecule has 1 amide bonds. The second-order valence-electron chi connectivity index (χ2n) is 11.0. The van der Waals surface area contributed by atoms with Crippen LogP contribution in [0.5, 0.6) is 0 Å². The van der Waals surface area contributed by atoms with Crippen LogP contribution in [0.25, 0.3) is 0 Å². The molecule has 8 nitrogen and oxygen atoms in total. The second-order valence-corrected chi connectivity index (χ2v) is 13.2. The van der Waals surface area contributed by atoms with Crippen molar-refractivity contribution in [3.05, 3.63) is 88.2 Å². The van der Waals surface area contributed by atoms with E-state index in [-0.39, 0.29) is 29.8 Å². The summed E-state index contributed by atoms with van der Waals surface area (Å²) in [6.45, 7) is 8.95. The molecular weight excluding hydrogens is 546 g/mol. The van der Waals surface area contributed by atoms with Gasteiger partial charge < -0.3 is 14.8 Å².